The Morgan fingerprint density at radius 2 is 2.00 bits per heavy atom. The zero-order valence-corrected chi connectivity index (χ0v) is 8.38. The van der Waals surface area contributed by atoms with E-state index in [-0.39, 0.29) is 39.3 Å². The summed E-state index contributed by atoms with van der Waals surface area (Å²) in [6, 6.07) is 0. The van der Waals surface area contributed by atoms with E-state index in [1.165, 1.54) is 0 Å². The van der Waals surface area contributed by atoms with Gasteiger partial charge in [0.15, 0.2) is 0 Å². The summed E-state index contributed by atoms with van der Waals surface area (Å²) in [5.41, 5.74) is 5.17. The van der Waals surface area contributed by atoms with Crippen molar-refractivity contribution < 1.29 is 42.6 Å². The molecule has 0 bridgehead atoms. The third-order valence-electron chi connectivity index (χ3n) is 0.728. The molecule has 0 aromatic rings. The fourth-order valence-corrected chi connectivity index (χ4v) is 0.352. The largest absolute Gasteiger partial charge is 0.394 e. The van der Waals surface area contributed by atoms with Crippen LogP contribution in [0.15, 0.2) is 0 Å². The minimum atomic E-state index is 0. The van der Waals surface area contributed by atoms with Crippen molar-refractivity contribution in [1.82, 2.24) is 0 Å². The van der Waals surface area contributed by atoms with Gasteiger partial charge in [0.25, 0.3) is 0 Å². The molecule has 0 aliphatic carbocycles. The van der Waals surface area contributed by atoms with Crippen molar-refractivity contribution in [3.8, 4) is 0 Å². The second-order valence-corrected chi connectivity index (χ2v) is 1.48. The molecular formula is C5H13NO2Y. The van der Waals surface area contributed by atoms with Crippen LogP contribution < -0.4 is 5.73 Å². The van der Waals surface area contributed by atoms with Gasteiger partial charge in [-0.1, -0.05) is 0 Å². The molecular weight excluding hydrogens is 195 g/mol. The monoisotopic (exact) mass is 208 g/mol. The maximum atomic E-state index is 8.21. The summed E-state index contributed by atoms with van der Waals surface area (Å²) in [5.74, 6) is 0. The van der Waals surface area contributed by atoms with Crippen LogP contribution in [0.4, 0.5) is 0 Å². The van der Waals surface area contributed by atoms with Gasteiger partial charge in [-0.25, -0.2) is 0 Å². The summed E-state index contributed by atoms with van der Waals surface area (Å²) >= 11 is 0. The third-order valence-corrected chi connectivity index (χ3v) is 0.728. The molecule has 0 aliphatic rings. The Labute approximate surface area is 80.8 Å². The molecule has 1 radical (unpaired) electrons. The first-order chi connectivity index (χ1) is 3.91. The third kappa shape index (κ3) is 12.2. The summed E-state index contributed by atoms with van der Waals surface area (Å²) in [5, 5.41) is 8.21. The van der Waals surface area contributed by atoms with Gasteiger partial charge in [-0.15, -0.1) is 0 Å². The van der Waals surface area contributed by atoms with Gasteiger partial charge in [0.05, 0.1) is 13.2 Å². The van der Waals surface area contributed by atoms with Crippen molar-refractivity contribution in [3.63, 3.8) is 0 Å². The number of nitrogens with two attached hydrogens (primary N) is 1. The molecule has 0 rings (SSSR count). The summed E-state index contributed by atoms with van der Waals surface area (Å²) in [6.07, 6.45) is 0.875. The molecule has 0 aliphatic heterocycles. The molecule has 0 atom stereocenters. The summed E-state index contributed by atoms with van der Waals surface area (Å²) in [7, 11) is 0. The van der Waals surface area contributed by atoms with Gasteiger partial charge in [0.2, 0.25) is 0 Å². The van der Waals surface area contributed by atoms with E-state index in [2.05, 4.69) is 0 Å². The van der Waals surface area contributed by atoms with E-state index in [0.717, 1.165) is 6.42 Å². The molecule has 0 saturated heterocycles. The van der Waals surface area contributed by atoms with E-state index in [4.69, 9.17) is 15.6 Å². The van der Waals surface area contributed by atoms with Gasteiger partial charge >= 0.3 is 0 Å². The summed E-state index contributed by atoms with van der Waals surface area (Å²) in [6.45, 7) is 1.85. The molecule has 0 fully saturated rings. The Morgan fingerprint density at radius 3 is 2.44 bits per heavy atom. The van der Waals surface area contributed by atoms with Crippen molar-refractivity contribution in [2.45, 2.75) is 6.42 Å². The van der Waals surface area contributed by atoms with Crippen molar-refractivity contribution in [1.29, 1.82) is 0 Å². The van der Waals surface area contributed by atoms with Crippen molar-refractivity contribution >= 4 is 0 Å². The van der Waals surface area contributed by atoms with Crippen LogP contribution in [0.3, 0.4) is 0 Å². The fourth-order valence-electron chi connectivity index (χ4n) is 0.352. The van der Waals surface area contributed by atoms with E-state index in [1.54, 1.807) is 0 Å². The van der Waals surface area contributed by atoms with Gasteiger partial charge in [0, 0.05) is 39.3 Å². The van der Waals surface area contributed by atoms with Crippen LogP contribution in [-0.2, 0) is 37.4 Å². The molecule has 0 aromatic carbocycles. The van der Waals surface area contributed by atoms with Crippen LogP contribution in [0.5, 0.6) is 0 Å². The second-order valence-electron chi connectivity index (χ2n) is 1.48. The number of hydrogen-bond acceptors (Lipinski definition) is 3. The van der Waals surface area contributed by atoms with Crippen molar-refractivity contribution in [2.75, 3.05) is 26.4 Å². The average Bonchev–Trinajstić information content (AvgIpc) is 1.81. The second kappa shape index (κ2) is 11.7. The molecule has 3 nitrogen and oxygen atoms in total. The molecule has 0 spiro atoms. The van der Waals surface area contributed by atoms with E-state index >= 15 is 0 Å². The van der Waals surface area contributed by atoms with Crippen LogP contribution in [0.2, 0.25) is 0 Å². The summed E-state index contributed by atoms with van der Waals surface area (Å²) in [4.78, 5) is 0. The quantitative estimate of drug-likeness (QED) is 0.590. The average molecular weight is 208 g/mol. The first-order valence-electron chi connectivity index (χ1n) is 2.80. The zero-order chi connectivity index (χ0) is 6.24. The van der Waals surface area contributed by atoms with Gasteiger partial charge < -0.3 is 15.6 Å². The van der Waals surface area contributed by atoms with Gasteiger partial charge in [0.1, 0.15) is 0 Å². The van der Waals surface area contributed by atoms with Crippen LogP contribution in [-0.4, -0.2) is 31.5 Å². The molecule has 0 saturated carbocycles. The standard InChI is InChI=1S/C5H13NO2.Y/c6-2-1-4-8-5-3-7;/h7H,1-6H2;. The van der Waals surface area contributed by atoms with Gasteiger partial charge in [-0.3, -0.25) is 0 Å². The fraction of sp³-hybridized carbons (Fsp3) is 1.00. The van der Waals surface area contributed by atoms with Gasteiger partial charge in [-0.2, -0.15) is 0 Å². The molecule has 0 unspecified atom stereocenters. The first kappa shape index (κ1) is 12.6. The predicted octanol–water partition coefficient (Wildman–Crippen LogP) is -0.658. The minimum absolute atomic E-state index is 0. The molecule has 0 heterocycles. The van der Waals surface area contributed by atoms with Crippen LogP contribution in [0.25, 0.3) is 0 Å². The van der Waals surface area contributed by atoms with E-state index < -0.39 is 0 Å². The zero-order valence-electron chi connectivity index (χ0n) is 5.55. The van der Waals surface area contributed by atoms with Crippen LogP contribution >= 0.6 is 0 Å². The molecule has 3 N–H and O–H groups in total. The van der Waals surface area contributed by atoms with Crippen molar-refractivity contribution in [3.05, 3.63) is 0 Å². The Kier molecular flexibility index (Phi) is 16.5. The Morgan fingerprint density at radius 1 is 1.33 bits per heavy atom. The van der Waals surface area contributed by atoms with Crippen LogP contribution in [0.1, 0.15) is 6.42 Å². The maximum absolute atomic E-state index is 8.21. The van der Waals surface area contributed by atoms with E-state index in [1.807, 2.05) is 0 Å². The molecule has 53 valence electrons. The molecule has 4 heteroatoms. The maximum Gasteiger partial charge on any atom is 0.0697 e. The van der Waals surface area contributed by atoms with E-state index in [9.17, 15) is 0 Å². The minimum Gasteiger partial charge on any atom is -0.394 e. The van der Waals surface area contributed by atoms with Crippen LogP contribution in [0, 0.1) is 0 Å². The predicted molar refractivity (Wildman–Crippen MR) is 31.6 cm³/mol. The molecule has 0 amide bonds. The van der Waals surface area contributed by atoms with E-state index in [0.29, 0.717) is 19.8 Å². The number of ether oxygens (including phenoxy) is 1. The molecule has 9 heavy (non-hydrogen) atoms. The Hall–Kier alpha value is 0.984. The summed E-state index contributed by atoms with van der Waals surface area (Å²) < 4.78 is 4.89. The Bertz CT molecular complexity index is 39.9. The molecule has 0 aromatic heterocycles. The SMILES string of the molecule is NCCCOCCO.[Y]. The number of hydrogen-bond donors (Lipinski definition) is 2. The smallest absolute Gasteiger partial charge is 0.0697 e. The Balaban J connectivity index is 0. The normalized spacial score (nSPS) is 8.67. The topological polar surface area (TPSA) is 55.5 Å². The van der Waals surface area contributed by atoms with Gasteiger partial charge in [-0.05, 0) is 13.0 Å². The number of aliphatic hydroxyl groups excluding tert-OH is 1. The number of rotatable bonds is 5. The number of aliphatic hydroxyl groups is 1. The first-order valence-corrected chi connectivity index (χ1v) is 2.80. The van der Waals surface area contributed by atoms with Crippen molar-refractivity contribution in [2.24, 2.45) is 5.73 Å².